The lowest BCUT2D eigenvalue weighted by Crippen LogP contribution is -2.21. The maximum Gasteiger partial charge on any atom is 0.337 e. The van der Waals surface area contributed by atoms with Gasteiger partial charge in [-0.3, -0.25) is 4.79 Å². The maximum atomic E-state index is 13.9. The molecule has 0 bridgehead atoms. The molecule has 1 fully saturated rings. The highest BCUT2D eigenvalue weighted by atomic mass is 19.1. The second-order valence-electron chi connectivity index (χ2n) is 7.81. The van der Waals surface area contributed by atoms with Gasteiger partial charge < -0.3 is 15.3 Å². The van der Waals surface area contributed by atoms with Gasteiger partial charge in [-0.2, -0.15) is 0 Å². The Bertz CT molecular complexity index is 1150. The Hall–Kier alpha value is -3.67. The molecule has 1 aliphatic heterocycles. The van der Waals surface area contributed by atoms with Crippen molar-refractivity contribution in [1.29, 1.82) is 0 Å². The molecule has 3 aromatic carbocycles. The first-order chi connectivity index (χ1) is 14.9. The largest absolute Gasteiger partial charge is 0.478 e. The van der Waals surface area contributed by atoms with Crippen LogP contribution in [0, 0.1) is 12.7 Å². The van der Waals surface area contributed by atoms with E-state index >= 15 is 0 Å². The molecule has 31 heavy (non-hydrogen) atoms. The van der Waals surface area contributed by atoms with Gasteiger partial charge in [0.2, 0.25) is 0 Å². The van der Waals surface area contributed by atoms with E-state index in [9.17, 15) is 19.1 Å². The number of benzene rings is 3. The van der Waals surface area contributed by atoms with Gasteiger partial charge in [-0.15, -0.1) is 0 Å². The molecule has 0 aromatic heterocycles. The number of carbonyl (C=O) groups is 2. The molecule has 1 aliphatic rings. The summed E-state index contributed by atoms with van der Waals surface area (Å²) in [5.41, 5.74) is 3.27. The van der Waals surface area contributed by atoms with Crippen molar-refractivity contribution in [1.82, 2.24) is 0 Å². The van der Waals surface area contributed by atoms with Crippen LogP contribution >= 0.6 is 0 Å². The summed E-state index contributed by atoms with van der Waals surface area (Å²) in [5, 5.41) is 12.2. The first-order valence-electron chi connectivity index (χ1n) is 10.2. The second kappa shape index (κ2) is 8.60. The molecule has 1 amide bonds. The molecule has 4 rings (SSSR count). The summed E-state index contributed by atoms with van der Waals surface area (Å²) in [5.74, 6) is -2.12. The van der Waals surface area contributed by atoms with E-state index in [0.29, 0.717) is 5.92 Å². The van der Waals surface area contributed by atoms with Gasteiger partial charge in [0.05, 0.1) is 16.8 Å². The molecule has 3 aromatic rings. The third-order valence-corrected chi connectivity index (χ3v) is 5.67. The van der Waals surface area contributed by atoms with Crippen molar-refractivity contribution in [3.63, 3.8) is 0 Å². The lowest BCUT2D eigenvalue weighted by Gasteiger charge is -2.20. The van der Waals surface area contributed by atoms with E-state index in [2.05, 4.69) is 41.4 Å². The maximum absolute atomic E-state index is 13.9. The van der Waals surface area contributed by atoms with Crippen molar-refractivity contribution in [2.24, 2.45) is 0 Å². The number of rotatable bonds is 5. The number of aryl methyl sites for hydroxylation is 1. The van der Waals surface area contributed by atoms with Crippen LogP contribution in [0.5, 0.6) is 0 Å². The number of carboxylic acid groups (broad SMARTS) is 1. The molecule has 1 atom stereocenters. The van der Waals surface area contributed by atoms with Gasteiger partial charge in [0.25, 0.3) is 5.91 Å². The Labute approximate surface area is 180 Å². The number of hydrogen-bond acceptors (Lipinski definition) is 3. The fourth-order valence-electron chi connectivity index (χ4n) is 4.04. The van der Waals surface area contributed by atoms with Gasteiger partial charge in [-0.1, -0.05) is 42.0 Å². The predicted octanol–water partition coefficient (Wildman–Crippen LogP) is 5.08. The van der Waals surface area contributed by atoms with Crippen LogP contribution in [0.3, 0.4) is 0 Å². The molecule has 5 nitrogen and oxygen atoms in total. The van der Waals surface area contributed by atoms with Crippen LogP contribution in [0.15, 0.2) is 66.7 Å². The van der Waals surface area contributed by atoms with Gasteiger partial charge >= 0.3 is 5.97 Å². The third-order valence-electron chi connectivity index (χ3n) is 5.67. The van der Waals surface area contributed by atoms with E-state index in [0.717, 1.165) is 25.2 Å². The molecule has 0 unspecified atom stereocenters. The number of amides is 1. The van der Waals surface area contributed by atoms with Crippen molar-refractivity contribution in [3.8, 4) is 0 Å². The molecule has 0 aliphatic carbocycles. The molecule has 2 N–H and O–H groups in total. The summed E-state index contributed by atoms with van der Waals surface area (Å²) >= 11 is 0. The van der Waals surface area contributed by atoms with E-state index in [-0.39, 0.29) is 16.8 Å². The van der Waals surface area contributed by atoms with Crippen LogP contribution in [-0.2, 0) is 0 Å². The second-order valence-corrected chi connectivity index (χ2v) is 7.81. The number of carbonyl (C=O) groups excluding carboxylic acids is 1. The van der Waals surface area contributed by atoms with Gasteiger partial charge in [0, 0.05) is 24.7 Å². The number of nitrogens with zero attached hydrogens (tertiary/aromatic N) is 1. The van der Waals surface area contributed by atoms with Crippen LogP contribution in [0.25, 0.3) is 0 Å². The summed E-state index contributed by atoms with van der Waals surface area (Å²) in [7, 11) is 0. The Morgan fingerprint density at radius 1 is 1.03 bits per heavy atom. The smallest absolute Gasteiger partial charge is 0.337 e. The summed E-state index contributed by atoms with van der Waals surface area (Å²) in [6.45, 7) is 3.69. The van der Waals surface area contributed by atoms with Crippen molar-refractivity contribution < 1.29 is 19.1 Å². The van der Waals surface area contributed by atoms with E-state index in [4.69, 9.17) is 0 Å². The van der Waals surface area contributed by atoms with E-state index in [1.807, 2.05) is 0 Å². The predicted molar refractivity (Wildman–Crippen MR) is 119 cm³/mol. The molecular formula is C25H23FN2O3. The average molecular weight is 418 g/mol. The summed E-state index contributed by atoms with van der Waals surface area (Å²) < 4.78 is 13.9. The quantitative estimate of drug-likeness (QED) is 0.606. The first kappa shape index (κ1) is 20.6. The molecule has 6 heteroatoms. The summed E-state index contributed by atoms with van der Waals surface area (Å²) in [6, 6.07) is 19.0. The molecule has 0 saturated carbocycles. The highest BCUT2D eigenvalue weighted by Crippen LogP contribution is 2.33. The lowest BCUT2D eigenvalue weighted by molar-refractivity contribution is 0.0698. The molecule has 0 radical (unpaired) electrons. The van der Waals surface area contributed by atoms with E-state index in [1.165, 1.54) is 29.3 Å². The number of carboxylic acids is 1. The number of anilines is 2. The van der Waals surface area contributed by atoms with Crippen LogP contribution in [-0.4, -0.2) is 30.1 Å². The van der Waals surface area contributed by atoms with E-state index in [1.54, 1.807) is 24.3 Å². The zero-order chi connectivity index (χ0) is 22.0. The topological polar surface area (TPSA) is 69.6 Å². The summed E-state index contributed by atoms with van der Waals surface area (Å²) in [6.07, 6.45) is 0.984. The monoisotopic (exact) mass is 418 g/mol. The highest BCUT2D eigenvalue weighted by Gasteiger charge is 2.25. The van der Waals surface area contributed by atoms with E-state index < -0.39 is 17.7 Å². The normalized spacial score (nSPS) is 15.7. The average Bonchev–Trinajstić information content (AvgIpc) is 3.24. The van der Waals surface area contributed by atoms with Crippen molar-refractivity contribution in [2.45, 2.75) is 19.3 Å². The highest BCUT2D eigenvalue weighted by molar-refractivity contribution is 6.08. The SMILES string of the molecule is Cc1cccc([C@H]2CCN(c3ccc(NC(=O)c4ccccc4F)c(C(=O)O)c3)C2)c1. The van der Waals surface area contributed by atoms with Crippen LogP contribution in [0.2, 0.25) is 0 Å². The third kappa shape index (κ3) is 4.43. The number of aromatic carboxylic acids is 1. The molecule has 158 valence electrons. The van der Waals surface area contributed by atoms with Gasteiger partial charge in [0.1, 0.15) is 5.82 Å². The molecule has 1 heterocycles. The lowest BCUT2D eigenvalue weighted by atomic mass is 9.97. The number of nitrogens with one attached hydrogen (secondary N) is 1. The minimum Gasteiger partial charge on any atom is -0.478 e. The first-order valence-corrected chi connectivity index (χ1v) is 10.2. The zero-order valence-electron chi connectivity index (χ0n) is 17.1. The van der Waals surface area contributed by atoms with Crippen LogP contribution in [0.4, 0.5) is 15.8 Å². The zero-order valence-corrected chi connectivity index (χ0v) is 17.1. The van der Waals surface area contributed by atoms with Crippen molar-refractivity contribution in [2.75, 3.05) is 23.3 Å². The Kier molecular flexibility index (Phi) is 5.71. The molecular weight excluding hydrogens is 395 g/mol. The standard InChI is InChI=1S/C25H23FN2O3/c1-16-5-4-6-17(13-16)18-11-12-28(15-18)19-9-10-23(21(14-19)25(30)31)27-24(29)20-7-2-3-8-22(20)26/h2-10,13-14,18H,11-12,15H2,1H3,(H,27,29)(H,30,31)/t18-/m0/s1. The van der Waals surface area contributed by atoms with Gasteiger partial charge in [-0.05, 0) is 49.2 Å². The van der Waals surface area contributed by atoms with Crippen LogP contribution in [0.1, 0.15) is 44.2 Å². The minimum absolute atomic E-state index is 0.0267. The Morgan fingerprint density at radius 2 is 1.84 bits per heavy atom. The fourth-order valence-corrected chi connectivity index (χ4v) is 4.04. The van der Waals surface area contributed by atoms with Crippen LogP contribution < -0.4 is 10.2 Å². The number of hydrogen-bond donors (Lipinski definition) is 2. The Morgan fingerprint density at radius 3 is 2.58 bits per heavy atom. The Balaban J connectivity index is 1.55. The van der Waals surface area contributed by atoms with Crippen molar-refractivity contribution in [3.05, 3.63) is 94.8 Å². The molecule has 1 saturated heterocycles. The minimum atomic E-state index is -1.15. The summed E-state index contributed by atoms with van der Waals surface area (Å²) in [4.78, 5) is 26.4. The number of halogens is 1. The van der Waals surface area contributed by atoms with Crippen molar-refractivity contribution >= 4 is 23.3 Å². The fraction of sp³-hybridized carbons (Fsp3) is 0.200. The van der Waals surface area contributed by atoms with Gasteiger partial charge in [0.15, 0.2) is 0 Å². The van der Waals surface area contributed by atoms with Gasteiger partial charge in [-0.25, -0.2) is 9.18 Å². The molecule has 0 spiro atoms.